The smallest absolute Gasteiger partial charge is 0.256 e. The molecule has 0 bridgehead atoms. The first-order valence-electron chi connectivity index (χ1n) is 18.5. The van der Waals surface area contributed by atoms with E-state index >= 15 is 4.39 Å². The number of nitrogens with zero attached hydrogens (tertiary/aromatic N) is 3. The molecule has 256 valence electrons. The molecule has 3 aliphatic heterocycles. The first-order valence-corrected chi connectivity index (χ1v) is 18.5. The summed E-state index contributed by atoms with van der Waals surface area (Å²) in [7, 11) is 6.23. The minimum absolute atomic E-state index is 0.0103. The second-order valence-corrected chi connectivity index (χ2v) is 15.9. The SMILES string of the molecule is CN(C)CCCCNC(=O)C1=CN2C3CC4C(CC3OC3C(NCCC5CCCN5C)C(F)CC(C1=O)C32)C(=O)C1CCCCC14. The number of carbonyl (C=O) groups excluding carboxylic acids is 3. The summed E-state index contributed by atoms with van der Waals surface area (Å²) in [6, 6.07) is -0.340. The van der Waals surface area contributed by atoms with Crippen molar-refractivity contribution in [2.24, 2.45) is 29.6 Å². The van der Waals surface area contributed by atoms with E-state index in [1.54, 1.807) is 0 Å². The quantitative estimate of drug-likeness (QED) is 0.278. The minimum atomic E-state index is -1.25. The maximum absolute atomic E-state index is 16.2. The van der Waals surface area contributed by atoms with Crippen LogP contribution in [0.1, 0.15) is 77.0 Å². The van der Waals surface area contributed by atoms with Crippen LogP contribution in [0.4, 0.5) is 4.39 Å². The number of hydrogen-bond donors (Lipinski definition) is 2. The Morgan fingerprint density at radius 3 is 2.61 bits per heavy atom. The fourth-order valence-electron chi connectivity index (χ4n) is 10.8. The van der Waals surface area contributed by atoms with Gasteiger partial charge in [-0.05, 0) is 117 Å². The Balaban J connectivity index is 1.14. The highest BCUT2D eigenvalue weighted by Gasteiger charge is 2.62. The zero-order valence-corrected chi connectivity index (χ0v) is 28.2. The predicted molar refractivity (Wildman–Crippen MR) is 174 cm³/mol. The first kappa shape index (κ1) is 32.7. The molecule has 1 amide bonds. The van der Waals surface area contributed by atoms with Crippen LogP contribution in [0.3, 0.4) is 0 Å². The second kappa shape index (κ2) is 13.6. The second-order valence-electron chi connectivity index (χ2n) is 15.9. The molecule has 0 radical (unpaired) electrons. The highest BCUT2D eigenvalue weighted by atomic mass is 19.1. The number of morpholine rings is 1. The summed E-state index contributed by atoms with van der Waals surface area (Å²) in [6.07, 6.45) is 11.0. The largest absolute Gasteiger partial charge is 0.369 e. The molecule has 6 fully saturated rings. The van der Waals surface area contributed by atoms with Gasteiger partial charge in [-0.25, -0.2) is 4.39 Å². The van der Waals surface area contributed by atoms with Crippen molar-refractivity contribution < 1.29 is 23.5 Å². The average Bonchev–Trinajstić information content (AvgIpc) is 3.57. The molecule has 12 unspecified atom stereocenters. The van der Waals surface area contributed by atoms with Gasteiger partial charge in [0.05, 0.1) is 35.9 Å². The molecule has 7 aliphatic rings. The third-order valence-electron chi connectivity index (χ3n) is 13.0. The van der Waals surface area contributed by atoms with Crippen molar-refractivity contribution in [3.05, 3.63) is 11.8 Å². The zero-order chi connectivity index (χ0) is 32.1. The van der Waals surface area contributed by atoms with Gasteiger partial charge < -0.3 is 30.1 Å². The zero-order valence-electron chi connectivity index (χ0n) is 28.2. The van der Waals surface area contributed by atoms with Gasteiger partial charge in [0, 0.05) is 36.5 Å². The number of ether oxygens (including phenoxy) is 1. The highest BCUT2D eigenvalue weighted by Crippen LogP contribution is 2.55. The molecule has 4 aliphatic carbocycles. The lowest BCUT2D eigenvalue weighted by Gasteiger charge is -2.60. The van der Waals surface area contributed by atoms with Crippen LogP contribution in [-0.4, -0.2) is 122 Å². The monoisotopic (exact) mass is 641 g/mol. The highest BCUT2D eigenvalue weighted by molar-refractivity contribution is 6.20. The molecule has 4 saturated carbocycles. The molecule has 2 N–H and O–H groups in total. The Bertz CT molecular complexity index is 1200. The molecule has 7 rings (SSSR count). The molecule has 0 aromatic carbocycles. The van der Waals surface area contributed by atoms with E-state index in [4.69, 9.17) is 4.74 Å². The van der Waals surface area contributed by atoms with Gasteiger partial charge in [0.1, 0.15) is 12.0 Å². The van der Waals surface area contributed by atoms with Gasteiger partial charge in [-0.15, -0.1) is 0 Å². The van der Waals surface area contributed by atoms with E-state index in [1.165, 1.54) is 19.3 Å². The van der Waals surface area contributed by atoms with Gasteiger partial charge in [0.15, 0.2) is 5.78 Å². The number of likely N-dealkylation sites (tertiary alicyclic amines) is 1. The topological polar surface area (TPSA) is 94.2 Å². The van der Waals surface area contributed by atoms with Gasteiger partial charge in [0.2, 0.25) is 0 Å². The van der Waals surface area contributed by atoms with Gasteiger partial charge in [-0.2, -0.15) is 0 Å². The third kappa shape index (κ3) is 5.98. The lowest BCUT2D eigenvalue weighted by Crippen LogP contribution is -2.73. The molecule has 9 nitrogen and oxygen atoms in total. The number of ketones is 2. The molecule has 0 aromatic heterocycles. The van der Waals surface area contributed by atoms with Crippen LogP contribution in [0.25, 0.3) is 0 Å². The number of unbranched alkanes of at least 4 members (excludes halogenated alkanes) is 1. The van der Waals surface area contributed by atoms with Crippen LogP contribution < -0.4 is 10.6 Å². The van der Waals surface area contributed by atoms with E-state index in [0.717, 1.165) is 58.0 Å². The van der Waals surface area contributed by atoms with Crippen LogP contribution >= 0.6 is 0 Å². The summed E-state index contributed by atoms with van der Waals surface area (Å²) < 4.78 is 23.2. The van der Waals surface area contributed by atoms with E-state index in [0.29, 0.717) is 43.2 Å². The van der Waals surface area contributed by atoms with Crippen LogP contribution in [0, 0.1) is 29.6 Å². The Labute approximate surface area is 274 Å². The van der Waals surface area contributed by atoms with Crippen molar-refractivity contribution in [3.8, 4) is 0 Å². The number of hydrogen-bond acceptors (Lipinski definition) is 8. The minimum Gasteiger partial charge on any atom is -0.369 e. The van der Waals surface area contributed by atoms with E-state index in [9.17, 15) is 14.4 Å². The van der Waals surface area contributed by atoms with Crippen molar-refractivity contribution in [3.63, 3.8) is 0 Å². The number of fused-ring (bicyclic) bond motifs is 5. The number of alkyl halides is 1. The Kier molecular flexibility index (Phi) is 9.62. The maximum Gasteiger partial charge on any atom is 0.256 e. The molecule has 0 aromatic rings. The van der Waals surface area contributed by atoms with Crippen LogP contribution in [-0.2, 0) is 19.1 Å². The predicted octanol–water partition coefficient (Wildman–Crippen LogP) is 2.93. The van der Waals surface area contributed by atoms with Crippen molar-refractivity contribution in [1.29, 1.82) is 0 Å². The number of nitrogens with one attached hydrogen (secondary N) is 2. The Hall–Kier alpha value is -1.88. The van der Waals surface area contributed by atoms with E-state index < -0.39 is 24.2 Å². The van der Waals surface area contributed by atoms with E-state index in [1.807, 2.05) is 20.3 Å². The van der Waals surface area contributed by atoms with Crippen molar-refractivity contribution >= 4 is 17.5 Å². The summed E-state index contributed by atoms with van der Waals surface area (Å²) in [5.74, 6) is 0.160. The lowest BCUT2D eigenvalue weighted by molar-refractivity contribution is -0.206. The number of amides is 1. The summed E-state index contributed by atoms with van der Waals surface area (Å²) in [5, 5.41) is 6.56. The summed E-state index contributed by atoms with van der Waals surface area (Å²) in [5.41, 5.74) is 0.163. The van der Waals surface area contributed by atoms with Gasteiger partial charge in [-0.3, -0.25) is 14.4 Å². The summed E-state index contributed by atoms with van der Waals surface area (Å²) in [4.78, 5) is 48.0. The van der Waals surface area contributed by atoms with Crippen molar-refractivity contribution in [2.45, 2.75) is 120 Å². The van der Waals surface area contributed by atoms with E-state index in [2.05, 4.69) is 32.4 Å². The molecule has 12 atom stereocenters. The van der Waals surface area contributed by atoms with Gasteiger partial charge >= 0.3 is 0 Å². The van der Waals surface area contributed by atoms with Crippen LogP contribution in [0.2, 0.25) is 0 Å². The number of rotatable bonds is 10. The first-order chi connectivity index (χ1) is 22.2. The molecule has 2 saturated heterocycles. The molecule has 46 heavy (non-hydrogen) atoms. The third-order valence-corrected chi connectivity index (χ3v) is 13.0. The number of carbonyl (C=O) groups is 3. The number of halogens is 1. The summed E-state index contributed by atoms with van der Waals surface area (Å²) >= 11 is 0. The average molecular weight is 642 g/mol. The van der Waals surface area contributed by atoms with Crippen molar-refractivity contribution in [2.75, 3.05) is 47.3 Å². The van der Waals surface area contributed by atoms with Crippen LogP contribution in [0.15, 0.2) is 11.8 Å². The Morgan fingerprint density at radius 1 is 1.00 bits per heavy atom. The molecular weight excluding hydrogens is 585 g/mol. The molecule has 0 spiro atoms. The van der Waals surface area contributed by atoms with Crippen molar-refractivity contribution in [1.82, 2.24) is 25.3 Å². The Morgan fingerprint density at radius 2 is 1.83 bits per heavy atom. The van der Waals surface area contributed by atoms with Gasteiger partial charge in [0.25, 0.3) is 5.91 Å². The maximum atomic E-state index is 16.2. The van der Waals surface area contributed by atoms with E-state index in [-0.39, 0.29) is 53.7 Å². The molecular formula is C36H56FN5O4. The van der Waals surface area contributed by atoms with Gasteiger partial charge in [-0.1, -0.05) is 12.8 Å². The molecule has 3 heterocycles. The number of Topliss-reactive ketones (excluding diaryl/α,β-unsaturated/α-hetero) is 2. The normalized spacial score (nSPS) is 41.9. The standard InChI is InChI=1S/C36H56FN5O4/c1-40(2)15-7-6-13-39-36(45)27-20-42-29-18-24-22-10-4-5-11-23(22)33(43)25(24)19-30(29)46-35-31(28(37)17-26(32(35)42)34(27)44)38-14-12-21-9-8-16-41(21)3/h20-26,28-32,35,38H,4-19H2,1-3H3,(H,39,45). The fourth-order valence-corrected chi connectivity index (χ4v) is 10.8. The fraction of sp³-hybridized carbons (Fsp3) is 0.861. The molecule has 10 heteroatoms. The van der Waals surface area contributed by atoms with Crippen LogP contribution in [0.5, 0.6) is 0 Å². The summed E-state index contributed by atoms with van der Waals surface area (Å²) in [6.45, 7) is 3.25. The lowest BCUT2D eigenvalue weighted by atomic mass is 9.66.